The third-order valence-corrected chi connectivity index (χ3v) is 4.83. The summed E-state index contributed by atoms with van der Waals surface area (Å²) in [5.41, 5.74) is 1.56. The molecule has 5 nitrogen and oxygen atoms in total. The predicted octanol–water partition coefficient (Wildman–Crippen LogP) is 5.14. The molecule has 1 aliphatic heterocycles. The highest BCUT2D eigenvalue weighted by Crippen LogP contribution is 2.38. The Balaban J connectivity index is 1.69. The Morgan fingerprint density at radius 2 is 1.75 bits per heavy atom. The number of amides is 1. The van der Waals surface area contributed by atoms with Crippen LogP contribution in [0.25, 0.3) is 0 Å². The van der Waals surface area contributed by atoms with Crippen molar-refractivity contribution in [3.8, 4) is 23.0 Å². The zero-order valence-electron chi connectivity index (χ0n) is 15.0. The Morgan fingerprint density at radius 1 is 0.964 bits per heavy atom. The van der Waals surface area contributed by atoms with Crippen LogP contribution in [0.5, 0.6) is 23.0 Å². The molecule has 0 radical (unpaired) electrons. The Morgan fingerprint density at radius 3 is 2.57 bits per heavy atom. The second-order valence-electron chi connectivity index (χ2n) is 6.15. The van der Waals surface area contributed by atoms with Crippen molar-refractivity contribution >= 4 is 27.5 Å². The van der Waals surface area contributed by atoms with Crippen LogP contribution in [-0.2, 0) is 11.3 Å². The van der Waals surface area contributed by atoms with E-state index in [0.717, 1.165) is 5.56 Å². The van der Waals surface area contributed by atoms with Crippen LogP contribution in [0.2, 0.25) is 0 Å². The minimum absolute atomic E-state index is 0.0827. The number of benzene rings is 3. The summed E-state index contributed by atoms with van der Waals surface area (Å²) in [6.07, 6.45) is 0. The highest BCUT2D eigenvalue weighted by molar-refractivity contribution is 9.09. The normalized spacial score (nSPS) is 11.9. The molecule has 1 amide bonds. The van der Waals surface area contributed by atoms with Gasteiger partial charge in [0.2, 0.25) is 12.7 Å². The van der Waals surface area contributed by atoms with E-state index in [-0.39, 0.29) is 18.0 Å². The molecular weight excluding hydrogens is 422 g/mol. The van der Waals surface area contributed by atoms with Gasteiger partial charge in [-0.05, 0) is 30.3 Å². The molecule has 0 saturated carbocycles. The number of ether oxygens (including phenoxy) is 3. The Kier molecular flexibility index (Phi) is 5.48. The number of rotatable bonds is 6. The van der Waals surface area contributed by atoms with Gasteiger partial charge in [0.15, 0.2) is 17.2 Å². The molecule has 0 bridgehead atoms. The van der Waals surface area contributed by atoms with Crippen LogP contribution in [0.4, 0.5) is 5.69 Å². The molecule has 142 valence electrons. The van der Waals surface area contributed by atoms with Crippen LogP contribution < -0.4 is 19.1 Å². The highest BCUT2D eigenvalue weighted by atomic mass is 79.9. The molecule has 6 heteroatoms. The number of hydrogen-bond donors (Lipinski definition) is 0. The van der Waals surface area contributed by atoms with Crippen LogP contribution >= 0.6 is 15.9 Å². The first-order valence-corrected chi connectivity index (χ1v) is 9.94. The number of hydrogen-bond acceptors (Lipinski definition) is 4. The van der Waals surface area contributed by atoms with Crippen molar-refractivity contribution in [1.29, 1.82) is 0 Å². The summed E-state index contributed by atoms with van der Waals surface area (Å²) in [5.74, 6) is 2.60. The monoisotopic (exact) mass is 439 g/mol. The summed E-state index contributed by atoms with van der Waals surface area (Å²) < 4.78 is 17.1. The van der Waals surface area contributed by atoms with Crippen molar-refractivity contribution in [3.05, 3.63) is 78.4 Å². The van der Waals surface area contributed by atoms with Gasteiger partial charge < -0.3 is 19.1 Å². The van der Waals surface area contributed by atoms with E-state index in [0.29, 0.717) is 35.2 Å². The van der Waals surface area contributed by atoms with Crippen LogP contribution in [0.1, 0.15) is 5.56 Å². The van der Waals surface area contributed by atoms with Gasteiger partial charge in [-0.25, -0.2) is 0 Å². The third kappa shape index (κ3) is 3.82. The molecule has 0 atom stereocenters. The maximum atomic E-state index is 12.8. The van der Waals surface area contributed by atoms with Crippen LogP contribution in [-0.4, -0.2) is 18.0 Å². The first-order valence-electron chi connectivity index (χ1n) is 8.82. The van der Waals surface area contributed by atoms with Gasteiger partial charge in [-0.1, -0.05) is 58.4 Å². The first kappa shape index (κ1) is 18.4. The fraction of sp³-hybridized carbons (Fsp3) is 0.136. The maximum absolute atomic E-state index is 12.8. The third-order valence-electron chi connectivity index (χ3n) is 4.35. The molecule has 28 heavy (non-hydrogen) atoms. The van der Waals surface area contributed by atoms with Gasteiger partial charge in [0, 0.05) is 5.56 Å². The fourth-order valence-electron chi connectivity index (χ4n) is 3.05. The summed E-state index contributed by atoms with van der Waals surface area (Å²) in [5, 5.41) is 0.194. The van der Waals surface area contributed by atoms with Crippen molar-refractivity contribution in [3.63, 3.8) is 0 Å². The van der Waals surface area contributed by atoms with Gasteiger partial charge in [-0.2, -0.15) is 0 Å². The lowest BCUT2D eigenvalue weighted by Gasteiger charge is -2.25. The van der Waals surface area contributed by atoms with Gasteiger partial charge in [-0.3, -0.25) is 4.79 Å². The van der Waals surface area contributed by atoms with E-state index in [1.165, 1.54) is 0 Å². The average Bonchev–Trinajstić information content (AvgIpc) is 3.22. The minimum atomic E-state index is -0.0827. The summed E-state index contributed by atoms with van der Waals surface area (Å²) in [4.78, 5) is 14.5. The molecule has 0 unspecified atom stereocenters. The number of para-hydroxylation sites is 4. The summed E-state index contributed by atoms with van der Waals surface area (Å²) in [7, 11) is 0. The zero-order chi connectivity index (χ0) is 19.3. The second kappa shape index (κ2) is 8.35. The Labute approximate surface area is 171 Å². The number of carbonyl (C=O) groups excluding carboxylic acids is 1. The molecular formula is C22H18BrNO4. The van der Waals surface area contributed by atoms with Crippen LogP contribution in [0, 0.1) is 0 Å². The van der Waals surface area contributed by atoms with Gasteiger partial charge in [0.1, 0.15) is 5.75 Å². The minimum Gasteiger partial charge on any atom is -0.455 e. The van der Waals surface area contributed by atoms with Gasteiger partial charge in [-0.15, -0.1) is 0 Å². The molecule has 0 aromatic heterocycles. The zero-order valence-corrected chi connectivity index (χ0v) is 16.6. The predicted molar refractivity (Wildman–Crippen MR) is 111 cm³/mol. The molecule has 0 N–H and O–H groups in total. The van der Waals surface area contributed by atoms with E-state index in [2.05, 4.69) is 15.9 Å². The van der Waals surface area contributed by atoms with Crippen molar-refractivity contribution in [1.82, 2.24) is 0 Å². The number of anilines is 1. The van der Waals surface area contributed by atoms with E-state index < -0.39 is 0 Å². The molecule has 0 aliphatic carbocycles. The topological polar surface area (TPSA) is 48.0 Å². The van der Waals surface area contributed by atoms with Crippen molar-refractivity contribution in [2.45, 2.75) is 6.54 Å². The fourth-order valence-corrected chi connectivity index (χ4v) is 3.35. The lowest BCUT2D eigenvalue weighted by molar-refractivity contribution is -0.116. The SMILES string of the molecule is O=C(CBr)N(Cc1cccc2c1OCO2)c1ccccc1Oc1ccccc1. The standard InChI is InChI=1S/C22H18BrNO4/c23-13-21(25)24(14-16-7-6-12-20-22(16)27-15-26-20)18-10-4-5-11-19(18)28-17-8-2-1-3-9-17/h1-12H,13-15H2. The maximum Gasteiger partial charge on any atom is 0.238 e. The molecule has 4 rings (SSSR count). The molecule has 0 saturated heterocycles. The van der Waals surface area contributed by atoms with Crippen LogP contribution in [0.15, 0.2) is 72.8 Å². The molecule has 1 heterocycles. The summed E-state index contributed by atoms with van der Waals surface area (Å²) >= 11 is 3.29. The first-order chi connectivity index (χ1) is 13.8. The Bertz CT molecular complexity index is 977. The number of halogens is 1. The Hall–Kier alpha value is -2.99. The van der Waals surface area contributed by atoms with Gasteiger partial charge in [0.25, 0.3) is 0 Å². The quantitative estimate of drug-likeness (QED) is 0.499. The molecule has 3 aromatic rings. The summed E-state index contributed by atoms with van der Waals surface area (Å²) in [6.45, 7) is 0.526. The summed E-state index contributed by atoms with van der Waals surface area (Å²) in [6, 6.07) is 22.7. The molecule has 3 aromatic carbocycles. The largest absolute Gasteiger partial charge is 0.455 e. The number of alkyl halides is 1. The van der Waals surface area contributed by atoms with Gasteiger partial charge in [0.05, 0.1) is 17.6 Å². The number of nitrogens with zero attached hydrogens (tertiary/aromatic N) is 1. The molecule has 1 aliphatic rings. The van der Waals surface area contributed by atoms with E-state index in [4.69, 9.17) is 14.2 Å². The second-order valence-corrected chi connectivity index (χ2v) is 6.71. The molecule has 0 spiro atoms. The average molecular weight is 440 g/mol. The van der Waals surface area contributed by atoms with Crippen molar-refractivity contribution in [2.24, 2.45) is 0 Å². The number of fused-ring (bicyclic) bond motifs is 1. The van der Waals surface area contributed by atoms with Gasteiger partial charge >= 0.3 is 0 Å². The van der Waals surface area contributed by atoms with Crippen LogP contribution in [0.3, 0.4) is 0 Å². The van der Waals surface area contributed by atoms with E-state index in [1.54, 1.807) is 4.90 Å². The molecule has 0 fully saturated rings. The van der Waals surface area contributed by atoms with E-state index >= 15 is 0 Å². The smallest absolute Gasteiger partial charge is 0.238 e. The van der Waals surface area contributed by atoms with Crippen molar-refractivity contribution < 1.29 is 19.0 Å². The van der Waals surface area contributed by atoms with Crippen molar-refractivity contribution in [2.75, 3.05) is 17.0 Å². The number of carbonyl (C=O) groups is 1. The lowest BCUT2D eigenvalue weighted by atomic mass is 10.1. The lowest BCUT2D eigenvalue weighted by Crippen LogP contribution is -2.31. The van der Waals surface area contributed by atoms with E-state index in [9.17, 15) is 4.79 Å². The highest BCUT2D eigenvalue weighted by Gasteiger charge is 2.24. The van der Waals surface area contributed by atoms with E-state index in [1.807, 2.05) is 72.8 Å².